The number of carbonyl (C=O) groups excluding carboxylic acids is 2. The molecule has 0 aliphatic carbocycles. The van der Waals surface area contributed by atoms with Crippen LogP contribution in [0, 0.1) is 12.8 Å². The van der Waals surface area contributed by atoms with Gasteiger partial charge in [-0.15, -0.1) is 0 Å². The number of benzene rings is 1. The molecule has 1 unspecified atom stereocenters. The molecule has 2 rings (SSSR count). The summed E-state index contributed by atoms with van der Waals surface area (Å²) in [4.78, 5) is 23.7. The van der Waals surface area contributed by atoms with Crippen molar-refractivity contribution in [2.45, 2.75) is 38.1 Å². The molecule has 1 atom stereocenters. The lowest BCUT2D eigenvalue weighted by Gasteiger charge is -2.22. The largest absolute Gasteiger partial charge is 0.338 e. The zero-order chi connectivity index (χ0) is 15.8. The van der Waals surface area contributed by atoms with Crippen molar-refractivity contribution in [1.29, 1.82) is 0 Å². The van der Waals surface area contributed by atoms with Crippen LogP contribution in [0.15, 0.2) is 29.2 Å². The molecule has 0 aromatic heterocycles. The Bertz CT molecular complexity index is 665. The first-order chi connectivity index (χ1) is 9.73. The normalized spacial score (nSPS) is 19.2. The maximum atomic E-state index is 12.6. The van der Waals surface area contributed by atoms with E-state index >= 15 is 0 Å². The second-order valence-electron chi connectivity index (χ2n) is 5.55. The number of carbonyl (C=O) groups is 2. The zero-order valence-electron chi connectivity index (χ0n) is 12.2. The summed E-state index contributed by atoms with van der Waals surface area (Å²) in [5.74, 6) is -0.480. The van der Waals surface area contributed by atoms with Crippen molar-refractivity contribution in [3.05, 3.63) is 29.8 Å². The van der Waals surface area contributed by atoms with Gasteiger partial charge in [-0.25, -0.2) is 17.5 Å². The van der Waals surface area contributed by atoms with Gasteiger partial charge in [0, 0.05) is 0 Å². The van der Waals surface area contributed by atoms with E-state index in [1.807, 2.05) is 20.8 Å². The summed E-state index contributed by atoms with van der Waals surface area (Å²) in [5, 5.41) is 2.08. The second kappa shape index (κ2) is 5.48. The van der Waals surface area contributed by atoms with Gasteiger partial charge in [0.15, 0.2) is 0 Å². The summed E-state index contributed by atoms with van der Waals surface area (Å²) in [6.45, 7) is 5.57. The van der Waals surface area contributed by atoms with Gasteiger partial charge in [-0.3, -0.25) is 10.1 Å². The van der Waals surface area contributed by atoms with Gasteiger partial charge in [-0.2, -0.15) is 0 Å². The molecular weight excluding hydrogens is 292 g/mol. The Morgan fingerprint density at radius 3 is 2.29 bits per heavy atom. The zero-order valence-corrected chi connectivity index (χ0v) is 13.0. The Morgan fingerprint density at radius 1 is 1.19 bits per heavy atom. The maximum Gasteiger partial charge on any atom is 0.338 e. The minimum atomic E-state index is -4.03. The van der Waals surface area contributed by atoms with Crippen LogP contribution in [0.2, 0.25) is 0 Å². The predicted octanol–water partition coefficient (Wildman–Crippen LogP) is 1.65. The number of amides is 3. The quantitative estimate of drug-likeness (QED) is 0.857. The number of aryl methyl sites for hydroxylation is 1. The van der Waals surface area contributed by atoms with Gasteiger partial charge in [0.25, 0.3) is 15.9 Å². The summed E-state index contributed by atoms with van der Waals surface area (Å²) in [6.07, 6.45) is 0.294. The van der Waals surface area contributed by atoms with E-state index in [1.165, 1.54) is 12.1 Å². The van der Waals surface area contributed by atoms with Crippen LogP contribution in [-0.4, -0.2) is 30.7 Å². The fraction of sp³-hybridized carbons (Fsp3) is 0.429. The van der Waals surface area contributed by atoms with Gasteiger partial charge in [0.1, 0.15) is 6.04 Å². The molecule has 1 aliphatic heterocycles. The number of rotatable bonds is 4. The molecule has 1 aromatic carbocycles. The van der Waals surface area contributed by atoms with Crippen LogP contribution in [0.1, 0.15) is 25.8 Å². The Hall–Kier alpha value is -1.89. The fourth-order valence-corrected chi connectivity index (χ4v) is 3.73. The highest BCUT2D eigenvalue weighted by Gasteiger charge is 2.46. The van der Waals surface area contributed by atoms with E-state index in [2.05, 4.69) is 5.32 Å². The van der Waals surface area contributed by atoms with Crippen LogP contribution in [0.3, 0.4) is 0 Å². The first-order valence-electron chi connectivity index (χ1n) is 6.69. The molecule has 6 nitrogen and oxygen atoms in total. The van der Waals surface area contributed by atoms with E-state index < -0.39 is 28.0 Å². The first kappa shape index (κ1) is 15.5. The van der Waals surface area contributed by atoms with E-state index in [0.717, 1.165) is 5.56 Å². The second-order valence-corrected chi connectivity index (χ2v) is 7.37. The first-order valence-corrected chi connectivity index (χ1v) is 8.13. The molecule has 1 saturated heterocycles. The molecule has 1 heterocycles. The molecule has 1 aliphatic rings. The number of nitrogens with one attached hydrogen (secondary N) is 1. The van der Waals surface area contributed by atoms with E-state index in [1.54, 1.807) is 12.1 Å². The molecule has 7 heteroatoms. The number of urea groups is 1. The lowest BCUT2D eigenvalue weighted by molar-refractivity contribution is -0.121. The highest BCUT2D eigenvalue weighted by molar-refractivity contribution is 7.89. The van der Waals surface area contributed by atoms with E-state index in [-0.39, 0.29) is 10.8 Å². The van der Waals surface area contributed by atoms with Crippen LogP contribution in [0.25, 0.3) is 0 Å². The van der Waals surface area contributed by atoms with Crippen molar-refractivity contribution in [1.82, 2.24) is 9.62 Å². The number of hydrogen-bond acceptors (Lipinski definition) is 4. The molecule has 0 bridgehead atoms. The van der Waals surface area contributed by atoms with Gasteiger partial charge in [-0.1, -0.05) is 31.5 Å². The lowest BCUT2D eigenvalue weighted by Crippen LogP contribution is -2.40. The van der Waals surface area contributed by atoms with Crippen molar-refractivity contribution in [3.8, 4) is 0 Å². The topological polar surface area (TPSA) is 83.6 Å². The van der Waals surface area contributed by atoms with Gasteiger partial charge < -0.3 is 0 Å². The number of sulfonamides is 1. The van der Waals surface area contributed by atoms with Crippen molar-refractivity contribution >= 4 is 22.0 Å². The van der Waals surface area contributed by atoms with E-state index in [9.17, 15) is 18.0 Å². The maximum absolute atomic E-state index is 12.6. The average Bonchev–Trinajstić information content (AvgIpc) is 2.64. The Kier molecular flexibility index (Phi) is 4.04. The lowest BCUT2D eigenvalue weighted by atomic mass is 10.0. The SMILES string of the molecule is Cc1ccc(S(=O)(=O)N2C(=O)NC(=O)C2CC(C)C)cc1. The summed E-state index contributed by atoms with van der Waals surface area (Å²) >= 11 is 0. The minimum absolute atomic E-state index is 0.00621. The monoisotopic (exact) mass is 310 g/mol. The van der Waals surface area contributed by atoms with Crippen LogP contribution in [0.4, 0.5) is 4.79 Å². The average molecular weight is 310 g/mol. The highest BCUT2D eigenvalue weighted by atomic mass is 32.2. The van der Waals surface area contributed by atoms with E-state index in [0.29, 0.717) is 10.7 Å². The molecule has 1 fully saturated rings. The summed E-state index contributed by atoms with van der Waals surface area (Å²) in [6, 6.07) is 4.32. The molecule has 3 amide bonds. The standard InChI is InChI=1S/C14H18N2O4S/c1-9(2)8-12-13(17)15-14(18)16(12)21(19,20)11-6-4-10(3)5-7-11/h4-7,9,12H,8H2,1-3H3,(H,15,17,18). The van der Waals surface area contributed by atoms with Crippen molar-refractivity contribution in [2.24, 2.45) is 5.92 Å². The van der Waals surface area contributed by atoms with Crippen LogP contribution < -0.4 is 5.32 Å². The number of imide groups is 1. The van der Waals surface area contributed by atoms with Gasteiger partial charge in [-0.05, 0) is 31.4 Å². The molecule has 21 heavy (non-hydrogen) atoms. The smallest absolute Gasteiger partial charge is 0.275 e. The van der Waals surface area contributed by atoms with Gasteiger partial charge in [0.05, 0.1) is 4.90 Å². The fourth-order valence-electron chi connectivity index (χ4n) is 2.24. The minimum Gasteiger partial charge on any atom is -0.275 e. The van der Waals surface area contributed by atoms with Gasteiger partial charge >= 0.3 is 6.03 Å². The molecule has 0 radical (unpaired) electrons. The van der Waals surface area contributed by atoms with Crippen molar-refractivity contribution < 1.29 is 18.0 Å². The molecule has 1 aromatic rings. The molecule has 0 saturated carbocycles. The number of nitrogens with zero attached hydrogens (tertiary/aromatic N) is 1. The highest BCUT2D eigenvalue weighted by Crippen LogP contribution is 2.25. The van der Waals surface area contributed by atoms with Crippen LogP contribution in [0.5, 0.6) is 0 Å². The molecule has 0 spiro atoms. The third kappa shape index (κ3) is 2.92. The number of hydrogen-bond donors (Lipinski definition) is 1. The predicted molar refractivity (Wildman–Crippen MR) is 77.0 cm³/mol. The Morgan fingerprint density at radius 2 is 1.76 bits per heavy atom. The summed E-state index contributed by atoms with van der Waals surface area (Å²) in [5.41, 5.74) is 0.912. The molecule has 1 N–H and O–H groups in total. The van der Waals surface area contributed by atoms with Crippen LogP contribution >= 0.6 is 0 Å². The molecular formula is C14H18N2O4S. The third-order valence-corrected chi connectivity index (χ3v) is 5.09. The Balaban J connectivity index is 2.43. The van der Waals surface area contributed by atoms with Gasteiger partial charge in [0.2, 0.25) is 0 Å². The summed E-state index contributed by atoms with van der Waals surface area (Å²) < 4.78 is 25.9. The summed E-state index contributed by atoms with van der Waals surface area (Å²) in [7, 11) is -4.03. The third-order valence-electron chi connectivity index (χ3n) is 3.29. The van der Waals surface area contributed by atoms with Crippen LogP contribution in [-0.2, 0) is 14.8 Å². The van der Waals surface area contributed by atoms with Crippen molar-refractivity contribution in [3.63, 3.8) is 0 Å². The van der Waals surface area contributed by atoms with E-state index in [4.69, 9.17) is 0 Å². The Labute approximate surface area is 124 Å². The molecule has 114 valence electrons. The van der Waals surface area contributed by atoms with Crippen molar-refractivity contribution in [2.75, 3.05) is 0 Å².